The number of terminal acetylenes is 1. The van der Waals surface area contributed by atoms with Gasteiger partial charge in [-0.25, -0.2) is 5.43 Å². The Hall–Kier alpha value is -2.69. The lowest BCUT2D eigenvalue weighted by Crippen LogP contribution is -2.18. The predicted octanol–water partition coefficient (Wildman–Crippen LogP) is 4.29. The molecule has 0 aliphatic heterocycles. The van der Waals surface area contributed by atoms with Crippen molar-refractivity contribution in [3.8, 4) is 29.6 Å². The summed E-state index contributed by atoms with van der Waals surface area (Å²) in [6.45, 7) is 2.33. The highest BCUT2D eigenvalue weighted by atomic mass is 79.9. The van der Waals surface area contributed by atoms with Crippen LogP contribution in [-0.4, -0.2) is 32.4 Å². The second-order valence-corrected chi connectivity index (χ2v) is 6.62. The Morgan fingerprint density at radius 1 is 1.32 bits per heavy atom. The van der Waals surface area contributed by atoms with Gasteiger partial charge < -0.3 is 14.2 Å². The van der Waals surface area contributed by atoms with Crippen LogP contribution in [0.4, 0.5) is 0 Å². The van der Waals surface area contributed by atoms with Gasteiger partial charge in [-0.05, 0) is 42.8 Å². The van der Waals surface area contributed by atoms with Gasteiger partial charge in [0.25, 0.3) is 5.91 Å². The maximum atomic E-state index is 12.4. The van der Waals surface area contributed by atoms with Crippen molar-refractivity contribution in [3.63, 3.8) is 0 Å². The van der Waals surface area contributed by atoms with E-state index in [-0.39, 0.29) is 6.61 Å². The molecule has 6 nitrogen and oxygen atoms in total. The van der Waals surface area contributed by atoms with Gasteiger partial charge in [-0.2, -0.15) is 5.10 Å². The van der Waals surface area contributed by atoms with Gasteiger partial charge in [0.15, 0.2) is 11.5 Å². The number of hydrogen-bond acceptors (Lipinski definition) is 5. The predicted molar refractivity (Wildman–Crippen MR) is 113 cm³/mol. The highest BCUT2D eigenvalue weighted by Gasteiger charge is 2.13. The van der Waals surface area contributed by atoms with Crippen LogP contribution in [0.15, 0.2) is 39.9 Å². The number of methoxy groups -OCH3 is 1. The number of carbonyl (C=O) groups excluding carboxylic acids is 1. The maximum absolute atomic E-state index is 12.4. The number of hydrazone groups is 1. The number of halogens is 2. The van der Waals surface area contributed by atoms with Crippen molar-refractivity contribution in [1.29, 1.82) is 0 Å². The molecule has 0 spiro atoms. The minimum Gasteiger partial charge on any atom is -0.496 e. The molecule has 2 aromatic rings. The Labute approximate surface area is 176 Å². The molecule has 0 unspecified atom stereocenters. The van der Waals surface area contributed by atoms with Crippen molar-refractivity contribution in [1.82, 2.24) is 5.43 Å². The summed E-state index contributed by atoms with van der Waals surface area (Å²) < 4.78 is 16.9. The van der Waals surface area contributed by atoms with E-state index in [1.165, 1.54) is 13.3 Å². The zero-order valence-electron chi connectivity index (χ0n) is 15.3. The quantitative estimate of drug-likeness (QED) is 0.359. The molecule has 2 aromatic carbocycles. The summed E-state index contributed by atoms with van der Waals surface area (Å²) in [4.78, 5) is 12.4. The van der Waals surface area contributed by atoms with Crippen molar-refractivity contribution >= 4 is 39.7 Å². The first kappa shape index (κ1) is 21.6. The third kappa shape index (κ3) is 5.65. The fraction of sp³-hybridized carbons (Fsp3) is 0.200. The lowest BCUT2D eigenvalue weighted by Gasteiger charge is -2.12. The van der Waals surface area contributed by atoms with E-state index in [9.17, 15) is 4.79 Å². The summed E-state index contributed by atoms with van der Waals surface area (Å²) >= 11 is 9.58. The highest BCUT2D eigenvalue weighted by Crippen LogP contribution is 2.36. The summed E-state index contributed by atoms with van der Waals surface area (Å²) in [5.74, 6) is 3.20. The Morgan fingerprint density at radius 2 is 2.11 bits per heavy atom. The standard InChI is InChI=1S/C20H18BrClN2O4/c1-4-8-28-19-16(22)9-13(10-18(19)27-5-2)12-23-24-20(25)15-11-14(21)6-7-17(15)26-3/h1,6-7,9-12H,5,8H2,2-3H3,(H,24,25)/b23-12-. The number of benzene rings is 2. The van der Waals surface area contributed by atoms with E-state index in [4.69, 9.17) is 32.2 Å². The van der Waals surface area contributed by atoms with Gasteiger partial charge in [0, 0.05) is 4.47 Å². The molecule has 0 aliphatic rings. The zero-order chi connectivity index (χ0) is 20.5. The van der Waals surface area contributed by atoms with Crippen LogP contribution in [0.2, 0.25) is 5.02 Å². The van der Waals surface area contributed by atoms with E-state index in [1.807, 2.05) is 6.92 Å². The lowest BCUT2D eigenvalue weighted by molar-refractivity contribution is 0.0952. The molecule has 0 aliphatic carbocycles. The summed E-state index contributed by atoms with van der Waals surface area (Å²) in [7, 11) is 1.49. The van der Waals surface area contributed by atoms with Crippen LogP contribution in [0.5, 0.6) is 17.2 Å². The largest absolute Gasteiger partial charge is 0.496 e. The van der Waals surface area contributed by atoms with Crippen molar-refractivity contribution < 1.29 is 19.0 Å². The van der Waals surface area contributed by atoms with E-state index in [0.29, 0.717) is 40.0 Å². The molecule has 0 atom stereocenters. The molecule has 0 heterocycles. The van der Waals surface area contributed by atoms with Crippen molar-refractivity contribution in [2.24, 2.45) is 5.10 Å². The second kappa shape index (κ2) is 10.6. The van der Waals surface area contributed by atoms with Gasteiger partial charge in [0.1, 0.15) is 12.4 Å². The van der Waals surface area contributed by atoms with Crippen LogP contribution >= 0.6 is 27.5 Å². The Kier molecular flexibility index (Phi) is 8.18. The molecule has 1 N–H and O–H groups in total. The van der Waals surface area contributed by atoms with Crippen LogP contribution in [-0.2, 0) is 0 Å². The van der Waals surface area contributed by atoms with Gasteiger partial charge in [0.05, 0.1) is 30.5 Å². The molecule has 8 heteroatoms. The molecule has 0 saturated carbocycles. The number of carbonyl (C=O) groups is 1. The first-order valence-corrected chi connectivity index (χ1v) is 9.36. The normalized spacial score (nSPS) is 10.4. The smallest absolute Gasteiger partial charge is 0.275 e. The van der Waals surface area contributed by atoms with Gasteiger partial charge in [-0.3, -0.25) is 4.79 Å². The molecule has 146 valence electrons. The summed E-state index contributed by atoms with van der Waals surface area (Å²) in [6.07, 6.45) is 6.67. The maximum Gasteiger partial charge on any atom is 0.275 e. The molecule has 1 amide bonds. The molecular formula is C20H18BrClN2O4. The first-order valence-electron chi connectivity index (χ1n) is 8.19. The van der Waals surface area contributed by atoms with Crippen LogP contribution in [0.3, 0.4) is 0 Å². The molecule has 0 bridgehead atoms. The first-order chi connectivity index (χ1) is 13.5. The Bertz CT molecular complexity index is 925. The van der Waals surface area contributed by atoms with E-state index >= 15 is 0 Å². The SMILES string of the molecule is C#CCOc1c(Cl)cc(/C=N\NC(=O)c2cc(Br)ccc2OC)cc1OCC. The second-order valence-electron chi connectivity index (χ2n) is 5.30. The number of nitrogens with one attached hydrogen (secondary N) is 1. The third-order valence-corrected chi connectivity index (χ3v) is 4.19. The average molecular weight is 466 g/mol. The van der Waals surface area contributed by atoms with E-state index in [1.54, 1.807) is 30.3 Å². The molecule has 0 saturated heterocycles. The number of rotatable bonds is 8. The fourth-order valence-corrected chi connectivity index (χ4v) is 2.90. The molecule has 0 aromatic heterocycles. The minimum atomic E-state index is -0.417. The molecule has 0 fully saturated rings. The van der Waals surface area contributed by atoms with E-state index in [2.05, 4.69) is 32.4 Å². The van der Waals surface area contributed by atoms with Gasteiger partial charge in [-0.1, -0.05) is 33.5 Å². The summed E-state index contributed by atoms with van der Waals surface area (Å²) in [5.41, 5.74) is 3.42. The average Bonchev–Trinajstić information content (AvgIpc) is 2.67. The number of hydrogen-bond donors (Lipinski definition) is 1. The van der Waals surface area contributed by atoms with Crippen LogP contribution < -0.4 is 19.6 Å². The third-order valence-electron chi connectivity index (χ3n) is 3.42. The van der Waals surface area contributed by atoms with Gasteiger partial charge in [0.2, 0.25) is 0 Å². The van der Waals surface area contributed by atoms with Crippen molar-refractivity contribution in [3.05, 3.63) is 51.0 Å². The summed E-state index contributed by atoms with van der Waals surface area (Å²) in [5, 5.41) is 4.30. The lowest BCUT2D eigenvalue weighted by atomic mass is 10.2. The topological polar surface area (TPSA) is 69.2 Å². The monoisotopic (exact) mass is 464 g/mol. The molecule has 0 radical (unpaired) electrons. The highest BCUT2D eigenvalue weighted by molar-refractivity contribution is 9.10. The molecular weight excluding hydrogens is 448 g/mol. The fourth-order valence-electron chi connectivity index (χ4n) is 2.26. The Balaban J connectivity index is 2.19. The number of ether oxygens (including phenoxy) is 3. The van der Waals surface area contributed by atoms with Crippen molar-refractivity contribution in [2.75, 3.05) is 20.3 Å². The summed E-state index contributed by atoms with van der Waals surface area (Å²) in [6, 6.07) is 8.43. The zero-order valence-corrected chi connectivity index (χ0v) is 17.6. The number of nitrogens with zero attached hydrogens (tertiary/aromatic N) is 1. The molecule has 2 rings (SSSR count). The van der Waals surface area contributed by atoms with Crippen LogP contribution in [0.25, 0.3) is 0 Å². The van der Waals surface area contributed by atoms with Gasteiger partial charge >= 0.3 is 0 Å². The van der Waals surface area contributed by atoms with Crippen LogP contribution in [0.1, 0.15) is 22.8 Å². The van der Waals surface area contributed by atoms with Gasteiger partial charge in [-0.15, -0.1) is 6.42 Å². The Morgan fingerprint density at radius 3 is 2.79 bits per heavy atom. The van der Waals surface area contributed by atoms with E-state index in [0.717, 1.165) is 4.47 Å². The molecule has 28 heavy (non-hydrogen) atoms. The van der Waals surface area contributed by atoms with Crippen molar-refractivity contribution in [2.45, 2.75) is 6.92 Å². The van der Waals surface area contributed by atoms with Crippen LogP contribution in [0, 0.1) is 12.3 Å². The number of amides is 1. The minimum absolute atomic E-state index is 0.0672. The van der Waals surface area contributed by atoms with E-state index < -0.39 is 5.91 Å².